The summed E-state index contributed by atoms with van der Waals surface area (Å²) in [6.07, 6.45) is 2.84. The molecule has 1 aliphatic rings. The maximum atomic E-state index is 13.3. The first-order valence-electron chi connectivity index (χ1n) is 11.8. The third kappa shape index (κ3) is 4.87. The van der Waals surface area contributed by atoms with Crippen molar-refractivity contribution in [3.63, 3.8) is 0 Å². The molecular formula is C27H28N2O6. The molecule has 0 amide bonds. The van der Waals surface area contributed by atoms with Crippen LogP contribution in [-0.4, -0.2) is 40.9 Å². The number of carbonyl (C=O) groups excluding carboxylic acids is 4. The summed E-state index contributed by atoms with van der Waals surface area (Å²) in [5.41, 5.74) is 2.91. The quantitative estimate of drug-likeness (QED) is 0.144. The molecule has 35 heavy (non-hydrogen) atoms. The van der Waals surface area contributed by atoms with E-state index in [0.29, 0.717) is 11.1 Å². The largest absolute Gasteiger partial charge is 0.469 e. The summed E-state index contributed by atoms with van der Waals surface area (Å²) < 4.78 is 6.79. The average Bonchev–Trinajstić information content (AvgIpc) is 3.14. The lowest BCUT2D eigenvalue weighted by Crippen LogP contribution is -2.21. The number of fused-ring (bicyclic) bond motifs is 3. The molecule has 182 valence electrons. The minimum atomic E-state index is -0.668. The summed E-state index contributed by atoms with van der Waals surface area (Å²) in [5.74, 6) is -1.35. The van der Waals surface area contributed by atoms with E-state index in [2.05, 4.69) is 14.5 Å². The normalized spacial score (nSPS) is 14.1. The molecule has 0 radical (unpaired) electrons. The third-order valence-corrected chi connectivity index (χ3v) is 6.54. The van der Waals surface area contributed by atoms with Crippen LogP contribution in [0.3, 0.4) is 0 Å². The first kappa shape index (κ1) is 24.3. The number of hydrogen-bond acceptors (Lipinski definition) is 7. The molecule has 0 atom stereocenters. The van der Waals surface area contributed by atoms with E-state index in [1.54, 1.807) is 12.1 Å². The van der Waals surface area contributed by atoms with Gasteiger partial charge in [-0.1, -0.05) is 11.6 Å². The molecule has 8 heteroatoms. The highest BCUT2D eigenvalue weighted by Crippen LogP contribution is 2.34. The number of methoxy groups -OCH3 is 1. The van der Waals surface area contributed by atoms with Gasteiger partial charge in [0, 0.05) is 58.7 Å². The Kier molecular flexibility index (Phi) is 7.10. The smallest absolute Gasteiger partial charge is 0.331 e. The second-order valence-electron chi connectivity index (χ2n) is 8.73. The molecule has 1 aliphatic carbocycles. The molecule has 0 unspecified atom stereocenters. The SMILES string of the molecule is CCn1c2ccc(C(=O)C(CCC(=O)OC)=NOC(C)=O)cc2c2cc(C(=O)C3CCC3)ccc21. The number of ether oxygens (including phenoxy) is 1. The number of aromatic nitrogens is 1. The number of benzene rings is 2. The molecule has 4 rings (SSSR count). The van der Waals surface area contributed by atoms with Crippen molar-refractivity contribution in [3.05, 3.63) is 47.5 Å². The molecule has 3 aromatic rings. The van der Waals surface area contributed by atoms with Crippen LogP contribution in [0.1, 0.15) is 66.7 Å². The Morgan fingerprint density at radius 2 is 1.60 bits per heavy atom. The molecule has 1 heterocycles. The van der Waals surface area contributed by atoms with Gasteiger partial charge in [-0.25, -0.2) is 4.79 Å². The molecule has 1 aromatic heterocycles. The molecule has 1 fully saturated rings. The fourth-order valence-corrected chi connectivity index (χ4v) is 4.45. The van der Waals surface area contributed by atoms with E-state index in [9.17, 15) is 19.2 Å². The lowest BCUT2D eigenvalue weighted by atomic mass is 9.80. The number of hydrogen-bond donors (Lipinski definition) is 0. The molecule has 2 aromatic carbocycles. The lowest BCUT2D eigenvalue weighted by Gasteiger charge is -2.23. The fourth-order valence-electron chi connectivity index (χ4n) is 4.45. The number of esters is 1. The summed E-state index contributed by atoms with van der Waals surface area (Å²) in [6.45, 7) is 3.95. The Labute approximate surface area is 202 Å². The number of Topliss-reactive ketones (excluding diaryl/α,β-unsaturated/α-hetero) is 2. The van der Waals surface area contributed by atoms with Crippen molar-refractivity contribution >= 4 is 51.0 Å². The Balaban J connectivity index is 1.76. The van der Waals surface area contributed by atoms with Crippen LogP contribution in [-0.2, 0) is 25.7 Å². The van der Waals surface area contributed by atoms with Crippen LogP contribution in [0.15, 0.2) is 41.6 Å². The second kappa shape index (κ2) is 10.2. The Bertz CT molecular complexity index is 1360. The van der Waals surface area contributed by atoms with Gasteiger partial charge in [0.25, 0.3) is 0 Å². The average molecular weight is 477 g/mol. The van der Waals surface area contributed by atoms with Gasteiger partial charge in [-0.2, -0.15) is 0 Å². The van der Waals surface area contributed by atoms with Crippen LogP contribution in [0.5, 0.6) is 0 Å². The third-order valence-electron chi connectivity index (χ3n) is 6.54. The lowest BCUT2D eigenvalue weighted by molar-refractivity contribution is -0.141. The molecule has 1 saturated carbocycles. The van der Waals surface area contributed by atoms with Gasteiger partial charge in [0.2, 0.25) is 5.78 Å². The van der Waals surface area contributed by atoms with Gasteiger partial charge in [-0.3, -0.25) is 14.4 Å². The van der Waals surface area contributed by atoms with Crippen molar-refractivity contribution in [2.45, 2.75) is 52.5 Å². The monoisotopic (exact) mass is 476 g/mol. The molecule has 0 saturated heterocycles. The molecular weight excluding hydrogens is 448 g/mol. The van der Waals surface area contributed by atoms with E-state index in [-0.39, 0.29) is 30.3 Å². The van der Waals surface area contributed by atoms with E-state index >= 15 is 0 Å². The summed E-state index contributed by atoms with van der Waals surface area (Å²) in [7, 11) is 1.26. The number of carbonyl (C=O) groups is 4. The first-order chi connectivity index (χ1) is 16.8. The molecule has 0 N–H and O–H groups in total. The van der Waals surface area contributed by atoms with Gasteiger partial charge in [0.05, 0.1) is 13.5 Å². The zero-order chi connectivity index (χ0) is 25.1. The zero-order valence-corrected chi connectivity index (χ0v) is 20.1. The summed E-state index contributed by atoms with van der Waals surface area (Å²) in [5, 5.41) is 5.44. The van der Waals surface area contributed by atoms with Crippen molar-refractivity contribution in [2.75, 3.05) is 7.11 Å². The highest BCUT2D eigenvalue weighted by atomic mass is 16.7. The van der Waals surface area contributed by atoms with E-state index in [1.165, 1.54) is 14.0 Å². The second-order valence-corrected chi connectivity index (χ2v) is 8.73. The van der Waals surface area contributed by atoms with Crippen molar-refractivity contribution in [1.29, 1.82) is 0 Å². The Hall–Kier alpha value is -3.81. The summed E-state index contributed by atoms with van der Waals surface area (Å²) in [6, 6.07) is 11.1. The predicted molar refractivity (Wildman–Crippen MR) is 132 cm³/mol. The number of nitrogens with zero attached hydrogens (tertiary/aromatic N) is 2. The van der Waals surface area contributed by atoms with Gasteiger partial charge in [0.15, 0.2) is 5.78 Å². The number of oxime groups is 1. The van der Waals surface area contributed by atoms with Gasteiger partial charge in [0.1, 0.15) is 5.71 Å². The van der Waals surface area contributed by atoms with Crippen LogP contribution in [0.4, 0.5) is 0 Å². The van der Waals surface area contributed by atoms with Crippen molar-refractivity contribution < 1.29 is 28.8 Å². The van der Waals surface area contributed by atoms with Crippen LogP contribution < -0.4 is 0 Å². The number of rotatable bonds is 9. The zero-order valence-electron chi connectivity index (χ0n) is 20.1. The van der Waals surface area contributed by atoms with E-state index in [4.69, 9.17) is 4.84 Å². The van der Waals surface area contributed by atoms with Gasteiger partial charge >= 0.3 is 11.9 Å². The predicted octanol–water partition coefficient (Wildman–Crippen LogP) is 4.85. The van der Waals surface area contributed by atoms with Gasteiger partial charge in [-0.05, 0) is 56.2 Å². The van der Waals surface area contributed by atoms with E-state index in [0.717, 1.165) is 47.6 Å². The van der Waals surface area contributed by atoms with E-state index in [1.807, 2.05) is 31.2 Å². The summed E-state index contributed by atoms with van der Waals surface area (Å²) >= 11 is 0. The van der Waals surface area contributed by atoms with Crippen molar-refractivity contribution in [1.82, 2.24) is 4.57 Å². The maximum Gasteiger partial charge on any atom is 0.331 e. The van der Waals surface area contributed by atoms with Crippen molar-refractivity contribution in [3.8, 4) is 0 Å². The Morgan fingerprint density at radius 1 is 0.971 bits per heavy atom. The highest BCUT2D eigenvalue weighted by Gasteiger charge is 2.27. The number of ketones is 2. The maximum absolute atomic E-state index is 13.3. The van der Waals surface area contributed by atoms with E-state index < -0.39 is 17.7 Å². The van der Waals surface area contributed by atoms with Crippen LogP contribution in [0, 0.1) is 5.92 Å². The van der Waals surface area contributed by atoms with Crippen LogP contribution in [0.2, 0.25) is 0 Å². The fraction of sp³-hybridized carbons (Fsp3) is 0.370. The van der Waals surface area contributed by atoms with Gasteiger partial charge in [-0.15, -0.1) is 0 Å². The Morgan fingerprint density at radius 3 is 2.14 bits per heavy atom. The standard InChI is InChI=1S/C27H28N2O6/c1-4-29-23-11-8-18(26(32)17-6-5-7-17)14-20(23)21-15-19(9-12-24(21)29)27(33)22(28-35-16(2)30)10-13-25(31)34-3/h8-9,11-12,14-15,17H,4-7,10,13H2,1-3H3. The first-order valence-corrected chi connectivity index (χ1v) is 11.8. The minimum Gasteiger partial charge on any atom is -0.469 e. The molecule has 0 bridgehead atoms. The molecule has 8 nitrogen and oxygen atoms in total. The molecule has 0 spiro atoms. The molecule has 0 aliphatic heterocycles. The minimum absolute atomic E-state index is 0.0341. The van der Waals surface area contributed by atoms with Gasteiger partial charge < -0.3 is 14.1 Å². The highest BCUT2D eigenvalue weighted by molar-refractivity contribution is 6.46. The van der Waals surface area contributed by atoms with Crippen LogP contribution >= 0.6 is 0 Å². The number of aryl methyl sites for hydroxylation is 1. The topological polar surface area (TPSA) is 104 Å². The van der Waals surface area contributed by atoms with Crippen molar-refractivity contribution in [2.24, 2.45) is 11.1 Å². The summed E-state index contributed by atoms with van der Waals surface area (Å²) in [4.78, 5) is 53.7. The van der Waals surface area contributed by atoms with Crippen LogP contribution in [0.25, 0.3) is 21.8 Å².